The topological polar surface area (TPSA) is 26.3 Å². The third-order valence-electron chi connectivity index (χ3n) is 2.94. The quantitative estimate of drug-likeness (QED) is 0.792. The van der Waals surface area contributed by atoms with E-state index in [0.717, 1.165) is 16.1 Å². The molecular weight excluding hydrogens is 224 g/mol. The SMILES string of the molecule is Cc1ccc(CC2COCCC2=O)c(Cl)c1. The molecule has 2 rings (SSSR count). The van der Waals surface area contributed by atoms with E-state index in [9.17, 15) is 4.79 Å². The van der Waals surface area contributed by atoms with Gasteiger partial charge in [0.05, 0.1) is 13.2 Å². The summed E-state index contributed by atoms with van der Waals surface area (Å²) in [6.07, 6.45) is 1.23. The van der Waals surface area contributed by atoms with Crippen LogP contribution in [0.5, 0.6) is 0 Å². The molecule has 0 N–H and O–H groups in total. The average molecular weight is 239 g/mol. The fraction of sp³-hybridized carbons (Fsp3) is 0.462. The molecule has 1 aliphatic heterocycles. The van der Waals surface area contributed by atoms with Crippen LogP contribution in [0.25, 0.3) is 0 Å². The van der Waals surface area contributed by atoms with Crippen molar-refractivity contribution >= 4 is 17.4 Å². The Labute approximate surface area is 101 Å². The zero-order valence-corrected chi connectivity index (χ0v) is 10.1. The molecule has 1 aromatic carbocycles. The molecular formula is C13H15ClO2. The predicted molar refractivity (Wildman–Crippen MR) is 63.8 cm³/mol. The Morgan fingerprint density at radius 1 is 1.50 bits per heavy atom. The van der Waals surface area contributed by atoms with Gasteiger partial charge >= 0.3 is 0 Å². The Morgan fingerprint density at radius 3 is 3.00 bits per heavy atom. The number of aryl methyl sites for hydroxylation is 1. The lowest BCUT2D eigenvalue weighted by Crippen LogP contribution is -2.29. The van der Waals surface area contributed by atoms with Crippen molar-refractivity contribution in [3.05, 3.63) is 34.3 Å². The van der Waals surface area contributed by atoms with E-state index in [0.29, 0.717) is 31.8 Å². The van der Waals surface area contributed by atoms with Crippen LogP contribution in [0.4, 0.5) is 0 Å². The molecule has 1 heterocycles. The minimum atomic E-state index is -0.0195. The van der Waals surface area contributed by atoms with Crippen LogP contribution in [0, 0.1) is 12.8 Å². The van der Waals surface area contributed by atoms with E-state index < -0.39 is 0 Å². The highest BCUT2D eigenvalue weighted by Crippen LogP contribution is 2.23. The molecule has 1 unspecified atom stereocenters. The van der Waals surface area contributed by atoms with Gasteiger partial charge in [-0.25, -0.2) is 0 Å². The van der Waals surface area contributed by atoms with Gasteiger partial charge in [0.25, 0.3) is 0 Å². The third-order valence-corrected chi connectivity index (χ3v) is 3.29. The molecule has 0 aromatic heterocycles. The predicted octanol–water partition coefficient (Wildman–Crippen LogP) is 2.80. The van der Waals surface area contributed by atoms with Gasteiger partial charge in [-0.3, -0.25) is 4.79 Å². The van der Waals surface area contributed by atoms with Crippen LogP contribution in [-0.2, 0) is 16.0 Å². The van der Waals surface area contributed by atoms with Crippen molar-refractivity contribution in [2.75, 3.05) is 13.2 Å². The van der Waals surface area contributed by atoms with Crippen molar-refractivity contribution in [3.8, 4) is 0 Å². The normalized spacial score (nSPS) is 21.1. The number of ketones is 1. The van der Waals surface area contributed by atoms with Gasteiger partial charge in [0, 0.05) is 17.4 Å². The Morgan fingerprint density at radius 2 is 2.31 bits per heavy atom. The molecule has 0 spiro atoms. The first kappa shape index (κ1) is 11.6. The number of rotatable bonds is 2. The molecule has 1 atom stereocenters. The lowest BCUT2D eigenvalue weighted by Gasteiger charge is -2.21. The maximum Gasteiger partial charge on any atom is 0.140 e. The van der Waals surface area contributed by atoms with Crippen molar-refractivity contribution < 1.29 is 9.53 Å². The molecule has 0 amide bonds. The Kier molecular flexibility index (Phi) is 3.62. The van der Waals surface area contributed by atoms with E-state index in [-0.39, 0.29) is 5.92 Å². The largest absolute Gasteiger partial charge is 0.380 e. The summed E-state index contributed by atoms with van der Waals surface area (Å²) in [6, 6.07) is 5.96. The molecule has 1 aromatic rings. The number of hydrogen-bond donors (Lipinski definition) is 0. The number of benzene rings is 1. The highest BCUT2D eigenvalue weighted by molar-refractivity contribution is 6.31. The van der Waals surface area contributed by atoms with E-state index in [1.807, 2.05) is 25.1 Å². The fourth-order valence-corrected chi connectivity index (χ4v) is 2.26. The second-order valence-electron chi connectivity index (χ2n) is 4.29. The summed E-state index contributed by atoms with van der Waals surface area (Å²) in [5.74, 6) is 0.275. The monoisotopic (exact) mass is 238 g/mol. The number of carbonyl (C=O) groups excluding carboxylic acids is 1. The summed E-state index contributed by atoms with van der Waals surface area (Å²) in [6.45, 7) is 3.10. The number of halogens is 1. The van der Waals surface area contributed by atoms with E-state index in [2.05, 4.69) is 0 Å². The van der Waals surface area contributed by atoms with Gasteiger partial charge in [-0.1, -0.05) is 23.7 Å². The van der Waals surface area contributed by atoms with E-state index in [1.165, 1.54) is 0 Å². The first-order valence-electron chi connectivity index (χ1n) is 5.52. The summed E-state index contributed by atoms with van der Waals surface area (Å²) in [7, 11) is 0. The number of hydrogen-bond acceptors (Lipinski definition) is 2. The fourth-order valence-electron chi connectivity index (χ4n) is 1.95. The molecule has 1 saturated heterocycles. The number of carbonyl (C=O) groups is 1. The average Bonchev–Trinajstić information content (AvgIpc) is 2.25. The van der Waals surface area contributed by atoms with E-state index in [4.69, 9.17) is 16.3 Å². The van der Waals surface area contributed by atoms with E-state index >= 15 is 0 Å². The molecule has 1 aliphatic rings. The minimum absolute atomic E-state index is 0.0195. The van der Waals surface area contributed by atoms with Crippen molar-refractivity contribution in [1.29, 1.82) is 0 Å². The van der Waals surface area contributed by atoms with Gasteiger partial charge in [-0.2, -0.15) is 0 Å². The summed E-state index contributed by atoms with van der Waals surface area (Å²) < 4.78 is 5.32. The molecule has 0 radical (unpaired) electrons. The summed E-state index contributed by atoms with van der Waals surface area (Å²) in [5.41, 5.74) is 2.18. The van der Waals surface area contributed by atoms with Crippen molar-refractivity contribution in [3.63, 3.8) is 0 Å². The Hall–Kier alpha value is -0.860. The van der Waals surface area contributed by atoms with Crippen LogP contribution in [0.15, 0.2) is 18.2 Å². The molecule has 1 fully saturated rings. The van der Waals surface area contributed by atoms with Crippen LogP contribution < -0.4 is 0 Å². The molecule has 3 heteroatoms. The summed E-state index contributed by atoms with van der Waals surface area (Å²) in [4.78, 5) is 11.7. The number of Topliss-reactive ketones (excluding diaryl/α,β-unsaturated/α-hetero) is 1. The minimum Gasteiger partial charge on any atom is -0.380 e. The molecule has 16 heavy (non-hydrogen) atoms. The van der Waals surface area contributed by atoms with Gasteiger partial charge in [-0.05, 0) is 30.5 Å². The van der Waals surface area contributed by atoms with Crippen LogP contribution in [0.2, 0.25) is 5.02 Å². The van der Waals surface area contributed by atoms with Crippen molar-refractivity contribution in [1.82, 2.24) is 0 Å². The molecule has 2 nitrogen and oxygen atoms in total. The zero-order valence-electron chi connectivity index (χ0n) is 9.33. The molecule has 0 aliphatic carbocycles. The second kappa shape index (κ2) is 4.98. The van der Waals surface area contributed by atoms with Crippen molar-refractivity contribution in [2.24, 2.45) is 5.92 Å². The van der Waals surface area contributed by atoms with Gasteiger partial charge in [0.1, 0.15) is 5.78 Å². The van der Waals surface area contributed by atoms with Crippen LogP contribution in [0.1, 0.15) is 17.5 Å². The summed E-state index contributed by atoms with van der Waals surface area (Å²) in [5, 5.41) is 0.748. The van der Waals surface area contributed by atoms with Gasteiger partial charge in [0.2, 0.25) is 0 Å². The van der Waals surface area contributed by atoms with Crippen molar-refractivity contribution in [2.45, 2.75) is 19.8 Å². The summed E-state index contributed by atoms with van der Waals surface area (Å²) >= 11 is 6.14. The van der Waals surface area contributed by atoms with Crippen LogP contribution in [0.3, 0.4) is 0 Å². The molecule has 0 bridgehead atoms. The van der Waals surface area contributed by atoms with Crippen LogP contribution >= 0.6 is 11.6 Å². The third kappa shape index (κ3) is 2.63. The highest BCUT2D eigenvalue weighted by Gasteiger charge is 2.23. The maximum atomic E-state index is 11.7. The number of ether oxygens (including phenoxy) is 1. The standard InChI is InChI=1S/C13H15ClO2/c1-9-2-3-10(12(14)6-9)7-11-8-16-5-4-13(11)15/h2-3,6,11H,4-5,7-8H2,1H3. The lowest BCUT2D eigenvalue weighted by molar-refractivity contribution is -0.130. The lowest BCUT2D eigenvalue weighted by atomic mass is 9.92. The zero-order chi connectivity index (χ0) is 11.5. The van der Waals surface area contributed by atoms with Gasteiger partial charge in [-0.15, -0.1) is 0 Å². The first-order chi connectivity index (χ1) is 7.66. The second-order valence-corrected chi connectivity index (χ2v) is 4.69. The smallest absolute Gasteiger partial charge is 0.140 e. The first-order valence-corrected chi connectivity index (χ1v) is 5.90. The Bertz CT molecular complexity index is 401. The maximum absolute atomic E-state index is 11.7. The molecule has 0 saturated carbocycles. The van der Waals surface area contributed by atoms with Gasteiger partial charge < -0.3 is 4.74 Å². The van der Waals surface area contributed by atoms with Gasteiger partial charge in [0.15, 0.2) is 0 Å². The van der Waals surface area contributed by atoms with Crippen LogP contribution in [-0.4, -0.2) is 19.0 Å². The molecule has 86 valence electrons. The highest BCUT2D eigenvalue weighted by atomic mass is 35.5. The van der Waals surface area contributed by atoms with E-state index in [1.54, 1.807) is 0 Å². The Balaban J connectivity index is 2.10.